The number of rotatable bonds is 1. The predicted molar refractivity (Wildman–Crippen MR) is 71.0 cm³/mol. The highest BCUT2D eigenvalue weighted by Gasteiger charge is 2.15. The molecule has 0 amide bonds. The molecule has 17 heavy (non-hydrogen) atoms. The Labute approximate surface area is 100 Å². The lowest BCUT2D eigenvalue weighted by atomic mass is 10.2. The summed E-state index contributed by atoms with van der Waals surface area (Å²) in [7, 11) is -2.37. The fourth-order valence-corrected chi connectivity index (χ4v) is 3.74. The van der Waals surface area contributed by atoms with E-state index in [0.29, 0.717) is 0 Å². The molecule has 1 atom stereocenters. The van der Waals surface area contributed by atoms with Gasteiger partial charge in [0.2, 0.25) is 0 Å². The number of hydrogen-bond donors (Lipinski definition) is 2. The van der Waals surface area contributed by atoms with Gasteiger partial charge in [-0.1, -0.05) is 18.2 Å². The maximum Gasteiger partial charge on any atom is 0.0828 e. The fourth-order valence-electron chi connectivity index (χ4n) is 1.88. The van der Waals surface area contributed by atoms with Crippen LogP contribution in [0.25, 0.3) is 6.08 Å². The summed E-state index contributed by atoms with van der Waals surface area (Å²) >= 11 is 0. The third kappa shape index (κ3) is 1.76. The van der Waals surface area contributed by atoms with Crippen molar-refractivity contribution in [1.29, 1.82) is 0 Å². The quantitative estimate of drug-likeness (QED) is 0.740. The largest absolute Gasteiger partial charge is 0.361 e. The van der Waals surface area contributed by atoms with Gasteiger partial charge in [0, 0.05) is 23.5 Å². The second-order valence-corrected chi connectivity index (χ2v) is 5.95. The van der Waals surface area contributed by atoms with Gasteiger partial charge in [-0.15, -0.1) is 0 Å². The van der Waals surface area contributed by atoms with Crippen LogP contribution in [0.2, 0.25) is 0 Å². The van der Waals surface area contributed by atoms with Crippen LogP contribution in [0, 0.1) is 0 Å². The average Bonchev–Trinajstić information content (AvgIpc) is 2.82. The van der Waals surface area contributed by atoms with Gasteiger partial charge in [-0.3, -0.25) is 0 Å². The molecule has 2 heterocycles. The SMILES string of the molecule is O=S1(=Cc2ccc[nH]2)NC=Cc2ccccc21. The number of fused-ring (bicyclic) bond motifs is 1. The third-order valence-electron chi connectivity index (χ3n) is 2.67. The lowest BCUT2D eigenvalue weighted by Crippen LogP contribution is -2.24. The summed E-state index contributed by atoms with van der Waals surface area (Å²) in [5, 5.41) is 1.75. The lowest BCUT2D eigenvalue weighted by Gasteiger charge is -2.18. The zero-order chi connectivity index (χ0) is 11.7. The molecule has 1 aliphatic rings. The van der Waals surface area contributed by atoms with Crippen LogP contribution < -0.4 is 4.72 Å². The van der Waals surface area contributed by atoms with Crippen molar-refractivity contribution in [2.75, 3.05) is 0 Å². The van der Waals surface area contributed by atoms with E-state index in [1.807, 2.05) is 48.7 Å². The minimum Gasteiger partial charge on any atom is -0.361 e. The molecule has 3 nitrogen and oxygen atoms in total. The highest BCUT2D eigenvalue weighted by atomic mass is 32.2. The van der Waals surface area contributed by atoms with Gasteiger partial charge in [0.05, 0.1) is 14.6 Å². The van der Waals surface area contributed by atoms with Gasteiger partial charge >= 0.3 is 0 Å². The van der Waals surface area contributed by atoms with Crippen LogP contribution >= 0.6 is 0 Å². The normalized spacial score (nSPS) is 21.6. The van der Waals surface area contributed by atoms with Crippen LogP contribution in [-0.2, 0) is 9.71 Å². The highest BCUT2D eigenvalue weighted by molar-refractivity contribution is 8.00. The predicted octanol–water partition coefficient (Wildman–Crippen LogP) is 2.00. The molecular weight excluding hydrogens is 232 g/mol. The van der Waals surface area contributed by atoms with E-state index in [4.69, 9.17) is 0 Å². The number of benzene rings is 1. The Hall–Kier alpha value is -1.94. The monoisotopic (exact) mass is 244 g/mol. The van der Waals surface area contributed by atoms with Gasteiger partial charge in [0.15, 0.2) is 0 Å². The summed E-state index contributed by atoms with van der Waals surface area (Å²) in [5.41, 5.74) is 1.85. The smallest absolute Gasteiger partial charge is 0.0828 e. The minimum atomic E-state index is -2.37. The van der Waals surface area contributed by atoms with Gasteiger partial charge in [0.25, 0.3) is 0 Å². The van der Waals surface area contributed by atoms with Gasteiger partial charge < -0.3 is 9.71 Å². The van der Waals surface area contributed by atoms with E-state index in [1.54, 1.807) is 11.6 Å². The van der Waals surface area contributed by atoms with Gasteiger partial charge in [-0.25, -0.2) is 4.21 Å². The Kier molecular flexibility index (Phi) is 2.30. The molecule has 0 fully saturated rings. The molecule has 86 valence electrons. The Balaban J connectivity index is 2.23. The van der Waals surface area contributed by atoms with E-state index in [1.165, 1.54) is 0 Å². The molecule has 1 aromatic carbocycles. The van der Waals surface area contributed by atoms with Crippen molar-refractivity contribution in [1.82, 2.24) is 9.71 Å². The molecule has 1 aliphatic heterocycles. The van der Waals surface area contributed by atoms with E-state index in [0.717, 1.165) is 16.2 Å². The molecule has 3 rings (SSSR count). The maximum atomic E-state index is 12.9. The molecule has 1 unspecified atom stereocenters. The molecule has 4 heteroatoms. The molecule has 1 aromatic heterocycles. The van der Waals surface area contributed by atoms with E-state index in [-0.39, 0.29) is 0 Å². The van der Waals surface area contributed by atoms with Crippen molar-refractivity contribution in [3.8, 4) is 0 Å². The highest BCUT2D eigenvalue weighted by Crippen LogP contribution is 2.21. The molecule has 0 bridgehead atoms. The Bertz CT molecular complexity index is 677. The van der Waals surface area contributed by atoms with Crippen molar-refractivity contribution in [2.45, 2.75) is 4.90 Å². The van der Waals surface area contributed by atoms with Crippen LogP contribution in [-0.4, -0.2) is 14.6 Å². The summed E-state index contributed by atoms with van der Waals surface area (Å²) < 4.78 is 15.8. The van der Waals surface area contributed by atoms with Gasteiger partial charge in [0.1, 0.15) is 0 Å². The van der Waals surface area contributed by atoms with E-state index in [9.17, 15) is 4.21 Å². The maximum absolute atomic E-state index is 12.9. The van der Waals surface area contributed by atoms with Crippen LogP contribution in [0.1, 0.15) is 11.3 Å². The van der Waals surface area contributed by atoms with Crippen molar-refractivity contribution in [2.24, 2.45) is 0 Å². The summed E-state index contributed by atoms with van der Waals surface area (Å²) in [5.74, 6) is 0. The second-order valence-electron chi connectivity index (χ2n) is 3.83. The van der Waals surface area contributed by atoms with E-state index >= 15 is 0 Å². The summed E-state index contributed by atoms with van der Waals surface area (Å²) in [6.45, 7) is 0. The summed E-state index contributed by atoms with van der Waals surface area (Å²) in [4.78, 5) is 3.87. The second kappa shape index (κ2) is 3.82. The minimum absolute atomic E-state index is 0.831. The molecule has 0 aliphatic carbocycles. The van der Waals surface area contributed by atoms with Crippen molar-refractivity contribution in [3.05, 3.63) is 60.1 Å². The molecule has 0 radical (unpaired) electrons. The zero-order valence-electron chi connectivity index (χ0n) is 9.09. The lowest BCUT2D eigenvalue weighted by molar-refractivity contribution is 0.676. The molecule has 0 saturated carbocycles. The molecular formula is C13H12N2OS. The van der Waals surface area contributed by atoms with Crippen LogP contribution in [0.5, 0.6) is 0 Å². The number of aromatic amines is 1. The molecule has 2 N–H and O–H groups in total. The van der Waals surface area contributed by atoms with E-state index in [2.05, 4.69) is 9.71 Å². The van der Waals surface area contributed by atoms with Crippen LogP contribution in [0.4, 0.5) is 0 Å². The molecule has 0 spiro atoms. The number of aromatic nitrogens is 1. The standard InChI is InChI=1S/C13H12N2OS/c16-17(10-12-5-3-8-14-12)13-6-2-1-4-11(13)7-9-15-17/h1-10,14H,(H,15,16). The zero-order valence-corrected chi connectivity index (χ0v) is 9.91. The molecule has 2 aromatic rings. The Morgan fingerprint density at radius 1 is 1.12 bits per heavy atom. The first-order valence-corrected chi connectivity index (χ1v) is 6.95. The first kappa shape index (κ1) is 10.2. The average molecular weight is 244 g/mol. The third-order valence-corrected chi connectivity index (χ3v) is 4.76. The Morgan fingerprint density at radius 2 is 2.00 bits per heavy atom. The van der Waals surface area contributed by atoms with Crippen LogP contribution in [0.15, 0.2) is 53.7 Å². The number of hydrogen-bond acceptors (Lipinski definition) is 1. The van der Waals surface area contributed by atoms with Gasteiger partial charge in [-0.2, -0.15) is 0 Å². The van der Waals surface area contributed by atoms with E-state index < -0.39 is 9.71 Å². The van der Waals surface area contributed by atoms with Crippen molar-refractivity contribution < 1.29 is 4.21 Å². The van der Waals surface area contributed by atoms with Crippen molar-refractivity contribution >= 4 is 21.2 Å². The van der Waals surface area contributed by atoms with Gasteiger partial charge in [-0.05, 0) is 29.8 Å². The molecule has 0 saturated heterocycles. The first-order valence-electron chi connectivity index (χ1n) is 5.33. The Morgan fingerprint density at radius 3 is 2.82 bits per heavy atom. The topological polar surface area (TPSA) is 44.9 Å². The number of H-pyrrole nitrogens is 1. The summed E-state index contributed by atoms with van der Waals surface area (Å²) in [6.07, 6.45) is 5.49. The summed E-state index contributed by atoms with van der Waals surface area (Å²) in [6, 6.07) is 11.5. The number of nitrogens with one attached hydrogen (secondary N) is 2. The van der Waals surface area contributed by atoms with Crippen LogP contribution in [0.3, 0.4) is 0 Å². The fraction of sp³-hybridized carbons (Fsp3) is 0. The van der Waals surface area contributed by atoms with Crippen molar-refractivity contribution in [3.63, 3.8) is 0 Å². The first-order chi connectivity index (χ1) is 8.28.